The number of carbonyl (C=O) groups excluding carboxylic acids is 1. The van der Waals surface area contributed by atoms with Crippen molar-refractivity contribution in [1.82, 2.24) is 9.97 Å². The van der Waals surface area contributed by atoms with Gasteiger partial charge in [-0.15, -0.1) is 0 Å². The number of hydrogen-bond donors (Lipinski definition) is 1. The van der Waals surface area contributed by atoms with Crippen LogP contribution in [0.25, 0.3) is 0 Å². The second-order valence-electron chi connectivity index (χ2n) is 4.03. The highest BCUT2D eigenvalue weighted by Gasteiger charge is 2.08. The van der Waals surface area contributed by atoms with Crippen LogP contribution >= 0.6 is 11.6 Å². The van der Waals surface area contributed by atoms with Gasteiger partial charge in [-0.2, -0.15) is 0 Å². The molecule has 5 heteroatoms. The maximum Gasteiger partial charge on any atom is 0.255 e. The normalized spacial score (nSPS) is 10.2. The minimum Gasteiger partial charge on any atom is -0.321 e. The molecule has 0 spiro atoms. The van der Waals surface area contributed by atoms with Crippen molar-refractivity contribution < 1.29 is 4.79 Å². The fraction of sp³-hybridized carbons (Fsp3) is 0.154. The Morgan fingerprint density at radius 1 is 1.22 bits per heavy atom. The zero-order chi connectivity index (χ0) is 13.1. The Balaban J connectivity index is 2.22. The van der Waals surface area contributed by atoms with E-state index >= 15 is 0 Å². The second kappa shape index (κ2) is 5.14. The number of rotatable bonds is 2. The first-order chi connectivity index (χ1) is 8.54. The average molecular weight is 262 g/mol. The molecule has 0 fully saturated rings. The van der Waals surface area contributed by atoms with E-state index in [0.717, 1.165) is 5.56 Å². The van der Waals surface area contributed by atoms with E-state index in [0.29, 0.717) is 22.1 Å². The van der Waals surface area contributed by atoms with Crippen LogP contribution in [-0.4, -0.2) is 15.9 Å². The molecule has 4 nitrogen and oxygen atoms in total. The van der Waals surface area contributed by atoms with Crippen LogP contribution in [-0.2, 0) is 0 Å². The molecular weight excluding hydrogens is 250 g/mol. The lowest BCUT2D eigenvalue weighted by atomic mass is 10.2. The summed E-state index contributed by atoms with van der Waals surface area (Å²) in [6.45, 7) is 3.70. The molecule has 2 aromatic rings. The lowest BCUT2D eigenvalue weighted by molar-refractivity contribution is 0.102. The van der Waals surface area contributed by atoms with Crippen molar-refractivity contribution in [3.05, 3.63) is 52.6 Å². The number of nitrogens with zero attached hydrogens (tertiary/aromatic N) is 2. The summed E-state index contributed by atoms with van der Waals surface area (Å²) >= 11 is 5.82. The molecule has 0 saturated heterocycles. The molecule has 0 unspecified atom stereocenters. The number of amides is 1. The first-order valence-electron chi connectivity index (χ1n) is 5.42. The Labute approximate surface area is 110 Å². The Hall–Kier alpha value is -1.94. The number of aryl methyl sites for hydroxylation is 2. The quantitative estimate of drug-likeness (QED) is 0.846. The van der Waals surface area contributed by atoms with Gasteiger partial charge in [0.05, 0.1) is 11.9 Å². The van der Waals surface area contributed by atoms with Gasteiger partial charge in [-0.3, -0.25) is 9.78 Å². The summed E-state index contributed by atoms with van der Waals surface area (Å²) in [7, 11) is 0. The highest BCUT2D eigenvalue weighted by molar-refractivity contribution is 6.29. The molecule has 0 aromatic carbocycles. The molecule has 2 rings (SSSR count). The molecule has 0 atom stereocenters. The number of nitrogens with one attached hydrogen (secondary N) is 1. The van der Waals surface area contributed by atoms with Crippen molar-refractivity contribution >= 4 is 23.2 Å². The smallest absolute Gasteiger partial charge is 0.255 e. The summed E-state index contributed by atoms with van der Waals surface area (Å²) < 4.78 is 0. The molecule has 1 amide bonds. The van der Waals surface area contributed by atoms with E-state index < -0.39 is 0 Å². The van der Waals surface area contributed by atoms with Crippen LogP contribution in [0.2, 0.25) is 5.15 Å². The van der Waals surface area contributed by atoms with Gasteiger partial charge >= 0.3 is 0 Å². The van der Waals surface area contributed by atoms with Gasteiger partial charge in [-0.1, -0.05) is 11.6 Å². The first-order valence-corrected chi connectivity index (χ1v) is 5.79. The molecule has 1 N–H and O–H groups in total. The summed E-state index contributed by atoms with van der Waals surface area (Å²) in [5.74, 6) is -0.227. The van der Waals surface area contributed by atoms with Gasteiger partial charge in [0, 0.05) is 17.5 Å². The Morgan fingerprint density at radius 2 is 2.00 bits per heavy atom. The molecule has 0 aliphatic carbocycles. The van der Waals surface area contributed by atoms with E-state index in [1.807, 2.05) is 13.0 Å². The third-order valence-electron chi connectivity index (χ3n) is 2.32. The van der Waals surface area contributed by atoms with Crippen molar-refractivity contribution in [2.75, 3.05) is 5.32 Å². The Morgan fingerprint density at radius 3 is 2.67 bits per heavy atom. The zero-order valence-corrected chi connectivity index (χ0v) is 10.8. The van der Waals surface area contributed by atoms with Crippen LogP contribution in [0.5, 0.6) is 0 Å². The van der Waals surface area contributed by atoms with E-state index in [9.17, 15) is 4.79 Å². The average Bonchev–Trinajstić information content (AvgIpc) is 2.27. The minimum absolute atomic E-state index is 0.227. The fourth-order valence-electron chi connectivity index (χ4n) is 1.59. The lowest BCUT2D eigenvalue weighted by Crippen LogP contribution is -2.12. The summed E-state index contributed by atoms with van der Waals surface area (Å²) in [5, 5.41) is 3.07. The lowest BCUT2D eigenvalue weighted by Gasteiger charge is -2.06. The minimum atomic E-state index is -0.227. The Kier molecular flexibility index (Phi) is 3.58. The highest BCUT2D eigenvalue weighted by Crippen LogP contribution is 2.13. The standard InChI is InChI=1S/C13H12ClN3O/c1-8-3-11(7-15-6-8)17-13(18)10-4-9(2)16-12(14)5-10/h3-7H,1-2H3,(H,17,18). The monoisotopic (exact) mass is 261 g/mol. The third-order valence-corrected chi connectivity index (χ3v) is 2.51. The molecule has 0 radical (unpaired) electrons. The molecule has 92 valence electrons. The molecule has 0 bridgehead atoms. The largest absolute Gasteiger partial charge is 0.321 e. The number of hydrogen-bond acceptors (Lipinski definition) is 3. The van der Waals surface area contributed by atoms with E-state index in [1.54, 1.807) is 25.4 Å². The number of aromatic nitrogens is 2. The fourth-order valence-corrected chi connectivity index (χ4v) is 1.84. The predicted molar refractivity (Wildman–Crippen MR) is 70.9 cm³/mol. The van der Waals surface area contributed by atoms with Gasteiger partial charge in [0.1, 0.15) is 5.15 Å². The summed E-state index contributed by atoms with van der Waals surface area (Å²) in [4.78, 5) is 20.0. The molecule has 0 aliphatic heterocycles. The van der Waals surface area contributed by atoms with E-state index in [2.05, 4.69) is 15.3 Å². The van der Waals surface area contributed by atoms with Crippen molar-refractivity contribution in [3.8, 4) is 0 Å². The van der Waals surface area contributed by atoms with Crippen molar-refractivity contribution in [3.63, 3.8) is 0 Å². The maximum atomic E-state index is 12.0. The SMILES string of the molecule is Cc1cncc(NC(=O)c2cc(C)nc(Cl)c2)c1. The van der Waals surface area contributed by atoms with Crippen molar-refractivity contribution in [2.24, 2.45) is 0 Å². The van der Waals surface area contributed by atoms with Gasteiger partial charge in [-0.05, 0) is 37.6 Å². The van der Waals surface area contributed by atoms with Gasteiger partial charge in [-0.25, -0.2) is 4.98 Å². The number of anilines is 1. The summed E-state index contributed by atoms with van der Waals surface area (Å²) in [6.07, 6.45) is 3.32. The molecule has 0 saturated carbocycles. The third kappa shape index (κ3) is 3.05. The zero-order valence-electron chi connectivity index (χ0n) is 10.1. The number of carbonyl (C=O) groups is 1. The molecule has 2 aromatic heterocycles. The van der Waals surface area contributed by atoms with E-state index in [1.165, 1.54) is 6.07 Å². The van der Waals surface area contributed by atoms with Gasteiger partial charge < -0.3 is 5.32 Å². The van der Waals surface area contributed by atoms with Crippen molar-refractivity contribution in [2.45, 2.75) is 13.8 Å². The van der Waals surface area contributed by atoms with E-state index in [-0.39, 0.29) is 5.91 Å². The molecule has 2 heterocycles. The molecular formula is C13H12ClN3O. The summed E-state index contributed by atoms with van der Waals surface area (Å²) in [6, 6.07) is 5.07. The molecule has 0 aliphatic rings. The predicted octanol–water partition coefficient (Wildman–Crippen LogP) is 3.00. The van der Waals surface area contributed by atoms with Crippen LogP contribution in [0.1, 0.15) is 21.6 Å². The highest BCUT2D eigenvalue weighted by atomic mass is 35.5. The van der Waals surface area contributed by atoms with Crippen LogP contribution in [0.3, 0.4) is 0 Å². The van der Waals surface area contributed by atoms with Crippen LogP contribution in [0.4, 0.5) is 5.69 Å². The summed E-state index contributed by atoms with van der Waals surface area (Å²) in [5.41, 5.74) is 2.83. The first kappa shape index (κ1) is 12.5. The van der Waals surface area contributed by atoms with Gasteiger partial charge in [0.25, 0.3) is 5.91 Å². The molecule has 18 heavy (non-hydrogen) atoms. The Bertz CT molecular complexity index is 578. The van der Waals surface area contributed by atoms with Crippen molar-refractivity contribution in [1.29, 1.82) is 0 Å². The van der Waals surface area contributed by atoms with Crippen LogP contribution in [0.15, 0.2) is 30.6 Å². The topological polar surface area (TPSA) is 54.9 Å². The number of halogens is 1. The van der Waals surface area contributed by atoms with Crippen LogP contribution in [0, 0.1) is 13.8 Å². The maximum absolute atomic E-state index is 12.0. The second-order valence-corrected chi connectivity index (χ2v) is 4.41. The van der Waals surface area contributed by atoms with Gasteiger partial charge in [0.15, 0.2) is 0 Å². The van der Waals surface area contributed by atoms with Gasteiger partial charge in [0.2, 0.25) is 0 Å². The number of pyridine rings is 2. The van der Waals surface area contributed by atoms with Crippen LogP contribution < -0.4 is 5.32 Å². The van der Waals surface area contributed by atoms with E-state index in [4.69, 9.17) is 11.6 Å².